The third-order valence-electron chi connectivity index (χ3n) is 5.20. The molecule has 27 heavy (non-hydrogen) atoms. The van der Waals surface area contributed by atoms with Gasteiger partial charge in [0, 0.05) is 28.8 Å². The number of nitrogens with zero attached hydrogens (tertiary/aromatic N) is 1. The summed E-state index contributed by atoms with van der Waals surface area (Å²) in [5.41, 5.74) is 0.0616. The van der Waals surface area contributed by atoms with Crippen LogP contribution in [0.25, 0.3) is 0 Å². The zero-order chi connectivity index (χ0) is 19.2. The van der Waals surface area contributed by atoms with E-state index in [1.165, 1.54) is 6.07 Å². The third kappa shape index (κ3) is 2.98. The molecule has 0 aliphatic carbocycles. The topological polar surface area (TPSA) is 62.2 Å². The molecule has 0 aromatic heterocycles. The number of hydrogen-bond donors (Lipinski definition) is 2. The van der Waals surface area contributed by atoms with E-state index in [-0.39, 0.29) is 19.1 Å². The van der Waals surface area contributed by atoms with Crippen molar-refractivity contribution in [3.05, 3.63) is 45.4 Å². The van der Waals surface area contributed by atoms with Crippen molar-refractivity contribution in [2.45, 2.75) is 31.8 Å². The molecular formula is C20H21Cl2NO4. The lowest BCUT2D eigenvalue weighted by Gasteiger charge is -2.27. The van der Waals surface area contributed by atoms with Crippen LogP contribution in [0.5, 0.6) is 17.2 Å². The Morgan fingerprint density at radius 2 is 1.81 bits per heavy atom. The Kier molecular flexibility index (Phi) is 4.78. The highest BCUT2D eigenvalue weighted by Crippen LogP contribution is 2.53. The van der Waals surface area contributed by atoms with Crippen LogP contribution in [-0.2, 0) is 5.60 Å². The quantitative estimate of drug-likeness (QED) is 0.702. The molecule has 0 fully saturated rings. The van der Waals surface area contributed by atoms with Gasteiger partial charge in [0.15, 0.2) is 11.5 Å². The minimum Gasteiger partial charge on any atom is -0.507 e. The Hall–Kier alpha value is -1.82. The lowest BCUT2D eigenvalue weighted by Crippen LogP contribution is -2.35. The van der Waals surface area contributed by atoms with Crippen molar-refractivity contribution in [2.75, 3.05) is 24.8 Å². The molecule has 7 heteroatoms. The lowest BCUT2D eigenvalue weighted by molar-refractivity contribution is 0.0948. The van der Waals surface area contributed by atoms with Gasteiger partial charge in [0.05, 0.1) is 17.3 Å². The summed E-state index contributed by atoms with van der Waals surface area (Å²) in [6.45, 7) is 3.23. The molecule has 2 aromatic carbocycles. The van der Waals surface area contributed by atoms with Crippen LogP contribution in [0.2, 0.25) is 10.0 Å². The summed E-state index contributed by atoms with van der Waals surface area (Å²) in [4.78, 5) is 2.04. The molecule has 2 aliphatic rings. The average molecular weight is 410 g/mol. The molecule has 0 amide bonds. The van der Waals surface area contributed by atoms with Gasteiger partial charge >= 0.3 is 0 Å². The number of unbranched alkanes of at least 4 members (excludes halogenated alkanes) is 2. The number of aliphatic hydroxyl groups is 1. The summed E-state index contributed by atoms with van der Waals surface area (Å²) in [5.74, 6) is 0.870. The van der Waals surface area contributed by atoms with Crippen LogP contribution in [0.3, 0.4) is 0 Å². The van der Waals surface area contributed by atoms with Crippen molar-refractivity contribution in [2.24, 2.45) is 0 Å². The first-order chi connectivity index (χ1) is 13.0. The summed E-state index contributed by atoms with van der Waals surface area (Å²) in [6.07, 6.45) is 3.15. The van der Waals surface area contributed by atoms with Crippen LogP contribution in [0, 0.1) is 0 Å². The number of benzene rings is 2. The Bertz CT molecular complexity index is 889. The Morgan fingerprint density at radius 3 is 2.56 bits per heavy atom. The van der Waals surface area contributed by atoms with Gasteiger partial charge in [0.2, 0.25) is 6.79 Å². The van der Waals surface area contributed by atoms with Crippen LogP contribution < -0.4 is 14.4 Å². The summed E-state index contributed by atoms with van der Waals surface area (Å²) >= 11 is 13.0. The van der Waals surface area contributed by atoms with Crippen molar-refractivity contribution in [3.63, 3.8) is 0 Å². The minimum atomic E-state index is -1.51. The molecular weight excluding hydrogens is 389 g/mol. The molecule has 0 radical (unpaired) electrons. The van der Waals surface area contributed by atoms with Crippen molar-refractivity contribution in [1.29, 1.82) is 0 Å². The average Bonchev–Trinajstić information content (AvgIpc) is 3.20. The standard InChI is InChI=1S/C20H21Cl2NO4/c1-2-3-4-7-23-10-20(25,18-13(21)5-6-14(22)19(18)23)12-8-16-17(9-15(12)24)27-11-26-16/h5-6,8-9,24-25H,2-4,7,10-11H2,1H3. The molecule has 0 saturated carbocycles. The monoisotopic (exact) mass is 409 g/mol. The first-order valence-electron chi connectivity index (χ1n) is 9.04. The van der Waals surface area contributed by atoms with Crippen LogP contribution in [-0.4, -0.2) is 30.1 Å². The van der Waals surface area contributed by atoms with E-state index in [1.54, 1.807) is 18.2 Å². The summed E-state index contributed by atoms with van der Waals surface area (Å²) in [5, 5.41) is 23.3. The van der Waals surface area contributed by atoms with Crippen LogP contribution >= 0.6 is 23.2 Å². The normalized spacial score (nSPS) is 20.2. The fourth-order valence-corrected chi connectivity index (χ4v) is 4.49. The minimum absolute atomic E-state index is 0.0702. The van der Waals surface area contributed by atoms with Crippen molar-refractivity contribution in [1.82, 2.24) is 0 Å². The molecule has 2 aromatic rings. The predicted octanol–water partition coefficient (Wildman–Crippen LogP) is 4.67. The van der Waals surface area contributed by atoms with E-state index in [0.717, 1.165) is 31.5 Å². The van der Waals surface area contributed by atoms with E-state index < -0.39 is 5.60 Å². The number of rotatable bonds is 5. The summed E-state index contributed by atoms with van der Waals surface area (Å²) in [7, 11) is 0. The fraction of sp³-hybridized carbons (Fsp3) is 0.400. The predicted molar refractivity (Wildman–Crippen MR) is 105 cm³/mol. The number of ether oxygens (including phenoxy) is 2. The van der Waals surface area contributed by atoms with Crippen molar-refractivity contribution >= 4 is 28.9 Å². The van der Waals surface area contributed by atoms with E-state index >= 15 is 0 Å². The molecule has 2 N–H and O–H groups in total. The smallest absolute Gasteiger partial charge is 0.231 e. The number of anilines is 1. The SMILES string of the molecule is CCCCCN1CC(O)(c2cc3c(cc2O)OCO3)c2c(Cl)ccc(Cl)c21. The molecule has 0 spiro atoms. The van der Waals surface area contributed by atoms with Gasteiger partial charge in [-0.15, -0.1) is 0 Å². The molecule has 1 atom stereocenters. The molecule has 0 saturated heterocycles. The number of aromatic hydroxyl groups is 1. The van der Waals surface area contributed by atoms with E-state index in [2.05, 4.69) is 6.92 Å². The molecule has 2 aliphatic heterocycles. The lowest BCUT2D eigenvalue weighted by atomic mass is 9.87. The fourth-order valence-electron chi connectivity index (χ4n) is 3.90. The zero-order valence-electron chi connectivity index (χ0n) is 15.0. The van der Waals surface area contributed by atoms with Gasteiger partial charge in [-0.05, 0) is 24.6 Å². The Morgan fingerprint density at radius 1 is 1.11 bits per heavy atom. The number of β-amino-alcohol motifs (C(OH)–C–C–N with tert-alkyl or cyclic N) is 1. The number of halogens is 2. The van der Waals surface area contributed by atoms with Gasteiger partial charge in [0.25, 0.3) is 0 Å². The molecule has 0 bridgehead atoms. The summed E-state index contributed by atoms with van der Waals surface area (Å²) < 4.78 is 10.7. The van der Waals surface area contributed by atoms with Gasteiger partial charge in [-0.3, -0.25) is 0 Å². The van der Waals surface area contributed by atoms with Crippen LogP contribution in [0.1, 0.15) is 37.3 Å². The molecule has 144 valence electrons. The maximum atomic E-state index is 11.7. The van der Waals surface area contributed by atoms with E-state index in [4.69, 9.17) is 32.7 Å². The maximum Gasteiger partial charge on any atom is 0.231 e. The molecule has 4 rings (SSSR count). The number of hydrogen-bond acceptors (Lipinski definition) is 5. The van der Waals surface area contributed by atoms with Crippen LogP contribution in [0.4, 0.5) is 5.69 Å². The highest BCUT2D eigenvalue weighted by Gasteiger charge is 2.47. The first-order valence-corrected chi connectivity index (χ1v) is 9.80. The van der Waals surface area contributed by atoms with Crippen LogP contribution in [0.15, 0.2) is 24.3 Å². The zero-order valence-corrected chi connectivity index (χ0v) is 16.5. The van der Waals surface area contributed by atoms with Crippen molar-refractivity contribution in [3.8, 4) is 17.2 Å². The highest BCUT2D eigenvalue weighted by atomic mass is 35.5. The second-order valence-electron chi connectivity index (χ2n) is 6.96. The first kappa shape index (κ1) is 18.5. The van der Waals surface area contributed by atoms with Gasteiger partial charge in [0.1, 0.15) is 11.4 Å². The largest absolute Gasteiger partial charge is 0.507 e. The Balaban J connectivity index is 1.83. The van der Waals surface area contributed by atoms with E-state index in [9.17, 15) is 10.2 Å². The van der Waals surface area contributed by atoms with Gasteiger partial charge in [-0.25, -0.2) is 0 Å². The second kappa shape index (κ2) is 6.97. The van der Waals surface area contributed by atoms with Gasteiger partial charge in [-0.2, -0.15) is 0 Å². The van der Waals surface area contributed by atoms with Gasteiger partial charge < -0.3 is 24.6 Å². The number of phenols is 1. The maximum absolute atomic E-state index is 11.7. The molecule has 2 heterocycles. The van der Waals surface area contributed by atoms with Crippen molar-refractivity contribution < 1.29 is 19.7 Å². The third-order valence-corrected chi connectivity index (χ3v) is 5.82. The summed E-state index contributed by atoms with van der Waals surface area (Å²) in [6, 6.07) is 6.50. The van der Waals surface area contributed by atoms with E-state index in [0.29, 0.717) is 32.7 Å². The highest BCUT2D eigenvalue weighted by molar-refractivity contribution is 6.36. The van der Waals surface area contributed by atoms with Gasteiger partial charge in [-0.1, -0.05) is 43.0 Å². The second-order valence-corrected chi connectivity index (χ2v) is 7.78. The Labute approximate surface area is 168 Å². The van der Waals surface area contributed by atoms with E-state index in [1.807, 2.05) is 4.90 Å². The molecule has 1 unspecified atom stereocenters. The number of phenolic OH excluding ortho intramolecular Hbond substituents is 1. The molecule has 5 nitrogen and oxygen atoms in total. The number of fused-ring (bicyclic) bond motifs is 2.